The van der Waals surface area contributed by atoms with Gasteiger partial charge in [0.2, 0.25) is 5.91 Å². The Morgan fingerprint density at radius 3 is 2.41 bits per heavy atom. The molecular formula is C27H38FN5O. The normalized spacial score (nSPS) is 23.1. The van der Waals surface area contributed by atoms with Gasteiger partial charge in [-0.25, -0.2) is 14.4 Å². The number of hydrogen-bond donors (Lipinski definition) is 0. The molecule has 2 aliphatic rings. The second-order valence-electron chi connectivity index (χ2n) is 10.9. The monoisotopic (exact) mass is 467 g/mol. The number of amides is 1. The second kappa shape index (κ2) is 9.61. The van der Waals surface area contributed by atoms with Crippen molar-refractivity contribution in [3.63, 3.8) is 0 Å². The van der Waals surface area contributed by atoms with Gasteiger partial charge in [0.05, 0.1) is 5.41 Å². The molecule has 4 rings (SSSR count). The van der Waals surface area contributed by atoms with Crippen LogP contribution in [0.2, 0.25) is 0 Å². The van der Waals surface area contributed by atoms with Crippen molar-refractivity contribution in [1.82, 2.24) is 19.8 Å². The highest BCUT2D eigenvalue weighted by Crippen LogP contribution is 2.40. The molecule has 0 spiro atoms. The van der Waals surface area contributed by atoms with E-state index in [1.165, 1.54) is 12.1 Å². The zero-order valence-corrected chi connectivity index (χ0v) is 21.3. The summed E-state index contributed by atoms with van der Waals surface area (Å²) in [6.07, 6.45) is 4.18. The fourth-order valence-corrected chi connectivity index (χ4v) is 5.49. The van der Waals surface area contributed by atoms with Crippen LogP contribution in [0.25, 0.3) is 0 Å². The number of carbonyl (C=O) groups is 1. The first kappa shape index (κ1) is 24.6. The number of piperidine rings is 2. The van der Waals surface area contributed by atoms with Gasteiger partial charge in [-0.3, -0.25) is 4.79 Å². The number of carbonyl (C=O) groups excluding carboxylic acids is 1. The summed E-state index contributed by atoms with van der Waals surface area (Å²) in [6.45, 7) is 7.38. The average Bonchev–Trinajstić information content (AvgIpc) is 2.81. The Kier molecular flexibility index (Phi) is 6.94. The van der Waals surface area contributed by atoms with Gasteiger partial charge in [-0.1, -0.05) is 19.1 Å². The fourth-order valence-electron chi connectivity index (χ4n) is 5.49. The van der Waals surface area contributed by atoms with Gasteiger partial charge in [-0.15, -0.1) is 0 Å². The molecular weight excluding hydrogens is 429 g/mol. The molecule has 34 heavy (non-hydrogen) atoms. The zero-order valence-electron chi connectivity index (χ0n) is 21.3. The predicted octanol–water partition coefficient (Wildman–Crippen LogP) is 3.82. The van der Waals surface area contributed by atoms with E-state index in [0.717, 1.165) is 68.2 Å². The largest absolute Gasteiger partial charge is 0.363 e. The summed E-state index contributed by atoms with van der Waals surface area (Å²) in [5.41, 5.74) is 1.23. The van der Waals surface area contributed by atoms with Crippen molar-refractivity contribution in [2.24, 2.45) is 5.41 Å². The molecule has 0 radical (unpaired) electrons. The molecule has 7 heteroatoms. The van der Waals surface area contributed by atoms with Crippen molar-refractivity contribution in [3.05, 3.63) is 53.2 Å². The highest BCUT2D eigenvalue weighted by molar-refractivity contribution is 5.83. The number of rotatable bonds is 5. The van der Waals surface area contributed by atoms with Gasteiger partial charge in [0.25, 0.3) is 0 Å². The molecule has 2 fully saturated rings. The van der Waals surface area contributed by atoms with Crippen molar-refractivity contribution >= 4 is 11.7 Å². The number of nitrogens with zero attached hydrogens (tertiary/aromatic N) is 5. The van der Waals surface area contributed by atoms with Gasteiger partial charge in [0.1, 0.15) is 17.5 Å². The molecule has 6 nitrogen and oxygen atoms in total. The predicted molar refractivity (Wildman–Crippen MR) is 134 cm³/mol. The van der Waals surface area contributed by atoms with Crippen LogP contribution < -0.4 is 4.90 Å². The number of aromatic nitrogens is 2. The molecule has 1 aromatic carbocycles. The first-order valence-electron chi connectivity index (χ1n) is 12.4. The summed E-state index contributed by atoms with van der Waals surface area (Å²) < 4.78 is 13.5. The van der Waals surface area contributed by atoms with E-state index in [1.54, 1.807) is 0 Å². The molecule has 1 atom stereocenters. The minimum atomic E-state index is -0.454. The smallest absolute Gasteiger partial charge is 0.229 e. The van der Waals surface area contributed by atoms with E-state index in [0.29, 0.717) is 13.0 Å². The maximum absolute atomic E-state index is 14.2. The summed E-state index contributed by atoms with van der Waals surface area (Å²) in [7, 11) is 6.09. The lowest BCUT2D eigenvalue weighted by Gasteiger charge is -2.46. The van der Waals surface area contributed by atoms with E-state index in [4.69, 9.17) is 9.97 Å². The van der Waals surface area contributed by atoms with Crippen molar-refractivity contribution in [1.29, 1.82) is 0 Å². The van der Waals surface area contributed by atoms with Gasteiger partial charge in [0.15, 0.2) is 0 Å². The third-order valence-electron chi connectivity index (χ3n) is 7.68. The fraction of sp³-hybridized carbons (Fsp3) is 0.593. The van der Waals surface area contributed by atoms with E-state index in [9.17, 15) is 9.18 Å². The Morgan fingerprint density at radius 1 is 1.09 bits per heavy atom. The molecule has 0 unspecified atom stereocenters. The van der Waals surface area contributed by atoms with Crippen molar-refractivity contribution in [2.75, 3.05) is 52.2 Å². The topological polar surface area (TPSA) is 52.6 Å². The minimum Gasteiger partial charge on any atom is -0.363 e. The molecule has 2 aliphatic heterocycles. The SMILES string of the molecule is Cc1cc(N(C)C)nc([C@]2(C)CCCN(C(=O)C3(Cc4ccc(F)cc4)CCN(C)CC3)C2)n1. The van der Waals surface area contributed by atoms with E-state index < -0.39 is 5.41 Å². The molecule has 184 valence electrons. The molecule has 2 saturated heterocycles. The third-order valence-corrected chi connectivity index (χ3v) is 7.68. The maximum atomic E-state index is 14.2. The first-order chi connectivity index (χ1) is 16.1. The van der Waals surface area contributed by atoms with Gasteiger partial charge < -0.3 is 14.7 Å². The third kappa shape index (κ3) is 5.09. The van der Waals surface area contributed by atoms with Crippen molar-refractivity contribution < 1.29 is 9.18 Å². The van der Waals surface area contributed by atoms with Crippen LogP contribution in [0.4, 0.5) is 10.2 Å². The number of likely N-dealkylation sites (tertiary alicyclic amines) is 2. The lowest BCUT2D eigenvalue weighted by Crippen LogP contribution is -2.55. The minimum absolute atomic E-state index is 0.233. The number of anilines is 1. The highest BCUT2D eigenvalue weighted by Gasteiger charge is 2.46. The highest BCUT2D eigenvalue weighted by atomic mass is 19.1. The Morgan fingerprint density at radius 2 is 1.76 bits per heavy atom. The van der Waals surface area contributed by atoms with Crippen molar-refractivity contribution in [2.45, 2.75) is 51.4 Å². The summed E-state index contributed by atoms with van der Waals surface area (Å²) in [5.74, 6) is 1.71. The van der Waals surface area contributed by atoms with E-state index >= 15 is 0 Å². The van der Waals surface area contributed by atoms with Crippen LogP contribution >= 0.6 is 0 Å². The molecule has 1 amide bonds. The van der Waals surface area contributed by atoms with Gasteiger partial charge >= 0.3 is 0 Å². The van der Waals surface area contributed by atoms with Crippen LogP contribution in [0.1, 0.15) is 49.7 Å². The summed E-state index contributed by atoms with van der Waals surface area (Å²) in [5, 5.41) is 0. The van der Waals surface area contributed by atoms with Crippen LogP contribution in [-0.2, 0) is 16.6 Å². The zero-order chi connectivity index (χ0) is 24.5. The lowest BCUT2D eigenvalue weighted by molar-refractivity contribution is -0.147. The Bertz CT molecular complexity index is 1020. The molecule has 0 aliphatic carbocycles. The molecule has 2 aromatic rings. The number of benzene rings is 1. The van der Waals surface area contributed by atoms with Crippen LogP contribution in [0.5, 0.6) is 0 Å². The molecule has 1 aromatic heterocycles. The average molecular weight is 468 g/mol. The van der Waals surface area contributed by atoms with Gasteiger partial charge in [0, 0.05) is 44.4 Å². The summed E-state index contributed by atoms with van der Waals surface area (Å²) in [4.78, 5) is 30.2. The molecule has 0 bridgehead atoms. The van der Waals surface area contributed by atoms with Crippen molar-refractivity contribution in [3.8, 4) is 0 Å². The Balaban J connectivity index is 1.61. The maximum Gasteiger partial charge on any atom is 0.229 e. The quantitative estimate of drug-likeness (QED) is 0.669. The standard InChI is InChI=1S/C27H38FN5O/c1-20-17-23(31(3)4)30-24(29-20)26(2)11-6-14-33(19-26)25(34)27(12-15-32(5)16-13-27)18-21-7-9-22(28)10-8-21/h7-10,17H,6,11-16,18-19H2,1-5H3/t26-/m1/s1. The first-order valence-corrected chi connectivity index (χ1v) is 12.4. The van der Waals surface area contributed by atoms with Crippen LogP contribution in [0.15, 0.2) is 30.3 Å². The Labute approximate surface area is 203 Å². The number of halogens is 1. The van der Waals surface area contributed by atoms with E-state index in [1.807, 2.05) is 44.1 Å². The summed E-state index contributed by atoms with van der Waals surface area (Å²) >= 11 is 0. The molecule has 3 heterocycles. The number of aryl methyl sites for hydroxylation is 1. The molecule has 0 N–H and O–H groups in total. The summed E-state index contributed by atoms with van der Waals surface area (Å²) in [6, 6.07) is 8.64. The number of hydrogen-bond acceptors (Lipinski definition) is 5. The second-order valence-corrected chi connectivity index (χ2v) is 10.9. The lowest BCUT2D eigenvalue weighted by atomic mass is 9.71. The van der Waals surface area contributed by atoms with Gasteiger partial charge in [-0.2, -0.15) is 0 Å². The molecule has 0 saturated carbocycles. The van der Waals surface area contributed by atoms with Crippen LogP contribution in [0.3, 0.4) is 0 Å². The van der Waals surface area contributed by atoms with Crippen LogP contribution in [-0.4, -0.2) is 73.0 Å². The van der Waals surface area contributed by atoms with Crippen LogP contribution in [0, 0.1) is 18.2 Å². The Hall–Kier alpha value is -2.54. The van der Waals surface area contributed by atoms with E-state index in [2.05, 4.69) is 23.8 Å². The van der Waals surface area contributed by atoms with E-state index in [-0.39, 0.29) is 17.1 Å². The van der Waals surface area contributed by atoms with Gasteiger partial charge in [-0.05, 0) is 76.9 Å².